The van der Waals surface area contributed by atoms with Crippen LogP contribution in [-0.2, 0) is 22.3 Å². The molecule has 0 amide bonds. The van der Waals surface area contributed by atoms with Crippen molar-refractivity contribution in [2.24, 2.45) is 10.9 Å². The Morgan fingerprint density at radius 1 is 1.18 bits per heavy atom. The van der Waals surface area contributed by atoms with Crippen LogP contribution in [0.1, 0.15) is 42.5 Å². The maximum Gasteiger partial charge on any atom is 0.416 e. The molecule has 34 heavy (non-hydrogen) atoms. The van der Waals surface area contributed by atoms with E-state index in [0.29, 0.717) is 29.7 Å². The van der Waals surface area contributed by atoms with Gasteiger partial charge in [0.25, 0.3) is 0 Å². The number of hydrogen-bond donors (Lipinski definition) is 1. The summed E-state index contributed by atoms with van der Waals surface area (Å²) in [6, 6.07) is 10.4. The minimum atomic E-state index is -4.53. The number of ether oxygens (including phenoxy) is 1. The third-order valence-electron chi connectivity index (χ3n) is 6.05. The molecule has 0 spiro atoms. The van der Waals surface area contributed by atoms with Gasteiger partial charge in [0.05, 0.1) is 30.8 Å². The normalized spacial score (nSPS) is 19.9. The van der Waals surface area contributed by atoms with Crippen molar-refractivity contribution in [3.05, 3.63) is 82.3 Å². The van der Waals surface area contributed by atoms with Crippen molar-refractivity contribution < 1.29 is 27.1 Å². The number of esters is 1. The molecule has 2 aromatic carbocycles. The molecule has 4 rings (SSSR count). The number of carbonyl (C=O) groups is 1. The number of nitrogens with zero attached hydrogens (tertiary/aromatic N) is 2. The molecule has 1 aliphatic carbocycles. The Morgan fingerprint density at radius 2 is 1.91 bits per heavy atom. The number of allylic oxidation sites excluding steroid dienone is 1. The first kappa shape index (κ1) is 23.8. The van der Waals surface area contributed by atoms with E-state index in [9.17, 15) is 22.4 Å². The number of carbonyl (C=O) groups excluding carboxylic acids is 1. The maximum atomic E-state index is 14.0. The highest BCUT2D eigenvalue weighted by molar-refractivity contribution is 5.96. The first-order chi connectivity index (χ1) is 16.2. The quantitative estimate of drug-likeness (QED) is 0.461. The molecule has 0 radical (unpaired) electrons. The average molecular weight is 475 g/mol. The molecule has 180 valence electrons. The van der Waals surface area contributed by atoms with E-state index < -0.39 is 29.6 Å². The molecule has 1 fully saturated rings. The van der Waals surface area contributed by atoms with Crippen molar-refractivity contribution in [1.29, 1.82) is 0 Å². The van der Waals surface area contributed by atoms with Crippen LogP contribution in [0.25, 0.3) is 0 Å². The van der Waals surface area contributed by atoms with Gasteiger partial charge in [-0.25, -0.2) is 9.18 Å². The second kappa shape index (κ2) is 9.48. The Balaban J connectivity index is 1.82. The van der Waals surface area contributed by atoms with Gasteiger partial charge in [0.2, 0.25) is 0 Å². The number of alkyl halides is 3. The van der Waals surface area contributed by atoms with Gasteiger partial charge in [-0.1, -0.05) is 30.3 Å². The monoisotopic (exact) mass is 475 g/mol. The summed E-state index contributed by atoms with van der Waals surface area (Å²) in [7, 11) is 1.23. The number of halogens is 4. The molecule has 2 aromatic rings. The van der Waals surface area contributed by atoms with Crippen molar-refractivity contribution in [1.82, 2.24) is 10.2 Å². The van der Waals surface area contributed by atoms with Gasteiger partial charge >= 0.3 is 12.1 Å². The number of hydrogen-bond acceptors (Lipinski definition) is 3. The molecule has 0 saturated heterocycles. The van der Waals surface area contributed by atoms with E-state index in [2.05, 4.69) is 10.3 Å². The minimum absolute atomic E-state index is 0.0451. The summed E-state index contributed by atoms with van der Waals surface area (Å²) in [6.07, 6.45) is -2.44. The minimum Gasteiger partial charge on any atom is -0.466 e. The van der Waals surface area contributed by atoms with Crippen molar-refractivity contribution in [2.75, 3.05) is 13.7 Å². The van der Waals surface area contributed by atoms with Gasteiger partial charge in [-0.3, -0.25) is 4.99 Å². The third-order valence-corrected chi connectivity index (χ3v) is 6.05. The van der Waals surface area contributed by atoms with Crippen LogP contribution in [0, 0.1) is 11.7 Å². The smallest absolute Gasteiger partial charge is 0.416 e. The van der Waals surface area contributed by atoms with Gasteiger partial charge in [-0.2, -0.15) is 13.2 Å². The highest BCUT2D eigenvalue weighted by Gasteiger charge is 2.38. The second-order valence-electron chi connectivity index (χ2n) is 8.47. The van der Waals surface area contributed by atoms with Crippen molar-refractivity contribution in [2.45, 2.75) is 38.5 Å². The maximum absolute atomic E-state index is 14.0. The Morgan fingerprint density at radius 3 is 2.56 bits per heavy atom. The number of benzene rings is 2. The lowest BCUT2D eigenvalue weighted by Gasteiger charge is -2.38. The second-order valence-corrected chi connectivity index (χ2v) is 8.47. The average Bonchev–Trinajstić information content (AvgIpc) is 3.63. The Labute approximate surface area is 195 Å². The van der Waals surface area contributed by atoms with Crippen molar-refractivity contribution in [3.8, 4) is 0 Å². The van der Waals surface area contributed by atoms with E-state index in [4.69, 9.17) is 4.74 Å². The number of aliphatic imine (C=N–C) groups is 1. The van der Waals surface area contributed by atoms with E-state index in [-0.39, 0.29) is 17.7 Å². The van der Waals surface area contributed by atoms with Gasteiger partial charge in [0.15, 0.2) is 5.96 Å². The molecule has 1 saturated carbocycles. The number of methoxy groups -OCH3 is 1. The molecule has 2 aliphatic rings. The summed E-state index contributed by atoms with van der Waals surface area (Å²) in [5.74, 6) is -0.366. The Bertz CT molecular complexity index is 1140. The lowest BCUT2D eigenvalue weighted by molar-refractivity contribution is -0.139. The molecule has 1 atom stereocenters. The number of rotatable bonds is 6. The predicted molar refractivity (Wildman–Crippen MR) is 119 cm³/mol. The van der Waals surface area contributed by atoms with Crippen LogP contribution in [0.15, 0.2) is 64.8 Å². The number of guanidine groups is 1. The van der Waals surface area contributed by atoms with Gasteiger partial charge in [-0.05, 0) is 55.0 Å². The van der Waals surface area contributed by atoms with Crippen LogP contribution < -0.4 is 5.32 Å². The fourth-order valence-corrected chi connectivity index (χ4v) is 4.05. The van der Waals surface area contributed by atoms with E-state index in [1.807, 2.05) is 0 Å². The molecule has 5 nitrogen and oxygen atoms in total. The predicted octanol–water partition coefficient (Wildman–Crippen LogP) is 5.20. The molecular formula is C25H25F4N3O2. The van der Waals surface area contributed by atoms with Crippen LogP contribution in [0.3, 0.4) is 0 Å². The van der Waals surface area contributed by atoms with Crippen molar-refractivity contribution in [3.63, 3.8) is 0 Å². The van der Waals surface area contributed by atoms with Gasteiger partial charge in [-0.15, -0.1) is 0 Å². The zero-order valence-corrected chi connectivity index (χ0v) is 18.8. The Kier molecular flexibility index (Phi) is 6.63. The highest BCUT2D eigenvalue weighted by atomic mass is 19.4. The van der Waals surface area contributed by atoms with E-state index >= 15 is 0 Å². The highest BCUT2D eigenvalue weighted by Crippen LogP contribution is 2.36. The molecular weight excluding hydrogens is 450 g/mol. The largest absolute Gasteiger partial charge is 0.466 e. The molecule has 0 bridgehead atoms. The van der Waals surface area contributed by atoms with Gasteiger partial charge in [0.1, 0.15) is 5.82 Å². The summed E-state index contributed by atoms with van der Waals surface area (Å²) >= 11 is 0. The fraction of sp³-hybridized carbons (Fsp3) is 0.360. The van der Waals surface area contributed by atoms with E-state index in [0.717, 1.165) is 18.9 Å². The SMILES string of the molecule is COC(=O)C1=C(C)N(Cc2ccccc2C(F)(F)F)C(=NCC2CC2)NC1c1cccc(F)c1. The van der Waals surface area contributed by atoms with Gasteiger partial charge in [0, 0.05) is 12.2 Å². The zero-order chi connectivity index (χ0) is 24.5. The first-order valence-corrected chi connectivity index (χ1v) is 11.0. The molecule has 1 unspecified atom stereocenters. The summed E-state index contributed by atoms with van der Waals surface area (Å²) in [4.78, 5) is 19.0. The number of nitrogens with one attached hydrogen (secondary N) is 1. The van der Waals surface area contributed by atoms with Crippen LogP contribution in [0.4, 0.5) is 17.6 Å². The summed E-state index contributed by atoms with van der Waals surface area (Å²) in [5.41, 5.74) is 0.350. The summed E-state index contributed by atoms with van der Waals surface area (Å²) in [6.45, 7) is 1.99. The van der Waals surface area contributed by atoms with Gasteiger partial charge < -0.3 is 15.0 Å². The molecule has 1 heterocycles. The zero-order valence-electron chi connectivity index (χ0n) is 18.8. The van der Waals surface area contributed by atoms with Crippen LogP contribution in [-0.4, -0.2) is 30.5 Å². The van der Waals surface area contributed by atoms with Crippen LogP contribution >= 0.6 is 0 Å². The topological polar surface area (TPSA) is 53.9 Å². The van der Waals surface area contributed by atoms with Crippen LogP contribution in [0.2, 0.25) is 0 Å². The Hall–Kier alpha value is -3.36. The first-order valence-electron chi connectivity index (χ1n) is 11.0. The molecule has 1 N–H and O–H groups in total. The third kappa shape index (κ3) is 5.08. The standard InChI is InChI=1S/C25H25F4N3O2/c1-15-21(23(33)34-2)22(17-7-5-8-19(26)12-17)31-24(30-13-16-10-11-16)32(15)14-18-6-3-4-9-20(18)25(27,28)29/h3-9,12,16,22H,10-11,13-14H2,1-2H3,(H,30,31). The van der Waals surface area contributed by atoms with E-state index in [1.54, 1.807) is 24.0 Å². The molecule has 0 aromatic heterocycles. The van der Waals surface area contributed by atoms with Crippen LogP contribution in [0.5, 0.6) is 0 Å². The summed E-state index contributed by atoms with van der Waals surface area (Å²) < 4.78 is 59.9. The van der Waals surface area contributed by atoms with E-state index in [1.165, 1.54) is 37.4 Å². The fourth-order valence-electron chi connectivity index (χ4n) is 4.05. The molecule has 9 heteroatoms. The lowest BCUT2D eigenvalue weighted by atomic mass is 9.94. The van der Waals surface area contributed by atoms with Crippen molar-refractivity contribution >= 4 is 11.9 Å². The lowest BCUT2D eigenvalue weighted by Crippen LogP contribution is -2.49. The summed E-state index contributed by atoms with van der Waals surface area (Å²) in [5, 5.41) is 3.17. The molecule has 1 aliphatic heterocycles.